The van der Waals surface area contributed by atoms with E-state index in [0.717, 1.165) is 11.3 Å². The van der Waals surface area contributed by atoms with Gasteiger partial charge in [0.1, 0.15) is 5.82 Å². The van der Waals surface area contributed by atoms with Gasteiger partial charge in [0.25, 0.3) is 5.56 Å². The fraction of sp³-hybridized carbons (Fsp3) is 0.120. The largest absolute Gasteiger partial charge is 0.492 e. The molecule has 1 heterocycles. The maximum absolute atomic E-state index is 13.3. The number of ether oxygens (including phenoxy) is 2. The average molecular weight is 398 g/mol. The zero-order valence-electron chi connectivity index (χ0n) is 16.9. The van der Waals surface area contributed by atoms with Gasteiger partial charge in [0.2, 0.25) is 0 Å². The van der Waals surface area contributed by atoms with Gasteiger partial charge < -0.3 is 9.47 Å². The van der Waals surface area contributed by atoms with E-state index in [4.69, 9.17) is 14.5 Å². The molecule has 0 aliphatic carbocycles. The first-order valence-corrected chi connectivity index (χ1v) is 9.78. The maximum atomic E-state index is 13.3. The van der Waals surface area contributed by atoms with Crippen molar-refractivity contribution in [2.45, 2.75) is 6.92 Å². The van der Waals surface area contributed by atoms with Crippen molar-refractivity contribution in [1.29, 1.82) is 0 Å². The van der Waals surface area contributed by atoms with Crippen molar-refractivity contribution < 1.29 is 9.47 Å². The van der Waals surface area contributed by atoms with Gasteiger partial charge in [0.15, 0.2) is 11.5 Å². The van der Waals surface area contributed by atoms with Crippen LogP contribution in [-0.2, 0) is 0 Å². The van der Waals surface area contributed by atoms with Gasteiger partial charge in [0.05, 0.1) is 30.3 Å². The highest BCUT2D eigenvalue weighted by Gasteiger charge is 2.12. The number of benzene rings is 3. The van der Waals surface area contributed by atoms with Crippen molar-refractivity contribution in [3.8, 4) is 17.2 Å². The third-order valence-corrected chi connectivity index (χ3v) is 4.74. The van der Waals surface area contributed by atoms with Crippen LogP contribution in [0.4, 0.5) is 0 Å². The van der Waals surface area contributed by atoms with Crippen LogP contribution in [0.5, 0.6) is 11.5 Å². The summed E-state index contributed by atoms with van der Waals surface area (Å²) in [4.78, 5) is 18.0. The summed E-state index contributed by atoms with van der Waals surface area (Å²) in [5, 5.41) is 0.578. The van der Waals surface area contributed by atoms with Gasteiger partial charge in [-0.15, -0.1) is 0 Å². The highest BCUT2D eigenvalue weighted by Crippen LogP contribution is 2.32. The Hall–Kier alpha value is -3.86. The minimum Gasteiger partial charge on any atom is -0.492 e. The van der Waals surface area contributed by atoms with Crippen LogP contribution >= 0.6 is 0 Å². The molecule has 1 aromatic heterocycles. The Balaban J connectivity index is 1.89. The summed E-state index contributed by atoms with van der Waals surface area (Å²) in [7, 11) is 1.61. The molecule has 0 fully saturated rings. The molecule has 0 bridgehead atoms. The number of hydrogen-bond acceptors (Lipinski definition) is 4. The van der Waals surface area contributed by atoms with Gasteiger partial charge in [-0.25, -0.2) is 4.98 Å². The Labute approximate surface area is 174 Å². The van der Waals surface area contributed by atoms with Crippen molar-refractivity contribution in [3.63, 3.8) is 0 Å². The van der Waals surface area contributed by atoms with Crippen LogP contribution in [0.25, 0.3) is 28.7 Å². The molecule has 5 heteroatoms. The van der Waals surface area contributed by atoms with Gasteiger partial charge in [-0.05, 0) is 49.4 Å². The average Bonchev–Trinajstić information content (AvgIpc) is 2.78. The van der Waals surface area contributed by atoms with E-state index >= 15 is 0 Å². The van der Waals surface area contributed by atoms with E-state index < -0.39 is 0 Å². The number of fused-ring (bicyclic) bond motifs is 1. The molecular weight excluding hydrogens is 376 g/mol. The minimum absolute atomic E-state index is 0.110. The molecule has 4 rings (SSSR count). The first-order valence-electron chi connectivity index (χ1n) is 9.78. The van der Waals surface area contributed by atoms with Crippen LogP contribution in [0.15, 0.2) is 77.6 Å². The fourth-order valence-electron chi connectivity index (χ4n) is 3.40. The van der Waals surface area contributed by atoms with Gasteiger partial charge >= 0.3 is 0 Å². The third-order valence-electron chi connectivity index (χ3n) is 4.74. The van der Waals surface area contributed by atoms with Crippen LogP contribution in [0.1, 0.15) is 18.3 Å². The van der Waals surface area contributed by atoms with E-state index in [9.17, 15) is 4.79 Å². The number of hydrogen-bond donors (Lipinski definition) is 0. The molecule has 5 nitrogen and oxygen atoms in total. The smallest absolute Gasteiger partial charge is 0.266 e. The third kappa shape index (κ3) is 3.70. The predicted molar refractivity (Wildman–Crippen MR) is 120 cm³/mol. The molecule has 0 aliphatic rings. The second kappa shape index (κ2) is 8.66. The van der Waals surface area contributed by atoms with Gasteiger partial charge in [-0.3, -0.25) is 9.36 Å². The van der Waals surface area contributed by atoms with Crippen LogP contribution in [0.3, 0.4) is 0 Å². The maximum Gasteiger partial charge on any atom is 0.266 e. The summed E-state index contributed by atoms with van der Waals surface area (Å²) in [5.74, 6) is 1.85. The Bertz CT molecular complexity index is 1260. The topological polar surface area (TPSA) is 53.3 Å². The normalized spacial score (nSPS) is 11.1. The molecule has 0 atom stereocenters. The van der Waals surface area contributed by atoms with E-state index in [-0.39, 0.29) is 5.56 Å². The Kier molecular flexibility index (Phi) is 5.61. The molecule has 0 N–H and O–H groups in total. The molecular formula is C25H22N2O3. The highest BCUT2D eigenvalue weighted by atomic mass is 16.5. The highest BCUT2D eigenvalue weighted by molar-refractivity contribution is 5.80. The van der Waals surface area contributed by atoms with Crippen molar-refractivity contribution in [2.75, 3.05) is 13.7 Å². The SMILES string of the molecule is CCOc1cccc(/C=C/c2nc3ccccc3c(=O)n2-c2ccccc2)c1OC. The molecule has 4 aromatic rings. The first-order chi connectivity index (χ1) is 14.7. The summed E-state index contributed by atoms with van der Waals surface area (Å²) in [6, 6.07) is 22.6. The van der Waals surface area contributed by atoms with Crippen LogP contribution in [0.2, 0.25) is 0 Å². The quantitative estimate of drug-likeness (QED) is 0.460. The molecule has 0 saturated carbocycles. The van der Waals surface area contributed by atoms with Crippen molar-refractivity contribution in [3.05, 3.63) is 94.5 Å². The monoisotopic (exact) mass is 398 g/mol. The second-order valence-corrected chi connectivity index (χ2v) is 6.61. The molecule has 0 radical (unpaired) electrons. The number of rotatable bonds is 6. The molecule has 0 unspecified atom stereocenters. The summed E-state index contributed by atoms with van der Waals surface area (Å²) in [5.41, 5.74) is 2.15. The van der Waals surface area contributed by atoms with Crippen molar-refractivity contribution in [1.82, 2.24) is 9.55 Å². The van der Waals surface area contributed by atoms with Gasteiger partial charge in [-0.2, -0.15) is 0 Å². The summed E-state index contributed by atoms with van der Waals surface area (Å²) in [6.45, 7) is 2.48. The van der Waals surface area contributed by atoms with E-state index in [1.807, 2.05) is 85.8 Å². The lowest BCUT2D eigenvalue weighted by Crippen LogP contribution is -2.22. The summed E-state index contributed by atoms with van der Waals surface area (Å²) >= 11 is 0. The zero-order chi connectivity index (χ0) is 20.9. The Morgan fingerprint density at radius 3 is 2.47 bits per heavy atom. The lowest BCUT2D eigenvalue weighted by Gasteiger charge is -2.13. The lowest BCUT2D eigenvalue weighted by atomic mass is 10.1. The minimum atomic E-state index is -0.110. The Morgan fingerprint density at radius 1 is 0.933 bits per heavy atom. The first kappa shape index (κ1) is 19.5. The lowest BCUT2D eigenvalue weighted by molar-refractivity contribution is 0.310. The van der Waals surface area contributed by atoms with E-state index in [2.05, 4.69) is 0 Å². The zero-order valence-corrected chi connectivity index (χ0v) is 16.9. The number of aromatic nitrogens is 2. The fourth-order valence-corrected chi connectivity index (χ4v) is 3.40. The summed E-state index contributed by atoms with van der Waals surface area (Å²) < 4.78 is 12.8. The molecule has 0 aliphatic heterocycles. The molecule has 0 saturated heterocycles. The van der Waals surface area contributed by atoms with Crippen molar-refractivity contribution >= 4 is 23.1 Å². The molecule has 30 heavy (non-hydrogen) atoms. The second-order valence-electron chi connectivity index (χ2n) is 6.61. The molecule has 150 valence electrons. The van der Waals surface area contributed by atoms with Gasteiger partial charge in [0, 0.05) is 5.56 Å². The van der Waals surface area contributed by atoms with E-state index in [1.54, 1.807) is 17.7 Å². The predicted octanol–water partition coefficient (Wildman–Crippen LogP) is 4.96. The van der Waals surface area contributed by atoms with Crippen molar-refractivity contribution in [2.24, 2.45) is 0 Å². The van der Waals surface area contributed by atoms with Crippen LogP contribution in [-0.4, -0.2) is 23.3 Å². The summed E-state index contributed by atoms with van der Waals surface area (Å²) in [6.07, 6.45) is 3.71. The number of nitrogens with zero attached hydrogens (tertiary/aromatic N) is 2. The van der Waals surface area contributed by atoms with Crippen LogP contribution < -0.4 is 15.0 Å². The molecule has 0 spiro atoms. The van der Waals surface area contributed by atoms with E-state index in [1.165, 1.54) is 0 Å². The number of methoxy groups -OCH3 is 1. The van der Waals surface area contributed by atoms with Gasteiger partial charge in [-0.1, -0.05) is 42.5 Å². The standard InChI is InChI=1S/C25H22N2O3/c1-3-30-22-15-9-10-18(24(22)29-2)16-17-23-26-21-14-8-7-13-20(21)25(28)27(23)19-11-5-4-6-12-19/h4-17H,3H2,1-2H3/b17-16+. The van der Waals surface area contributed by atoms with E-state index in [0.29, 0.717) is 34.8 Å². The Morgan fingerprint density at radius 2 is 1.70 bits per heavy atom. The molecule has 0 amide bonds. The number of para-hydroxylation sites is 3. The van der Waals surface area contributed by atoms with Crippen LogP contribution in [0, 0.1) is 0 Å². The molecule has 3 aromatic carbocycles.